The third-order valence-electron chi connectivity index (χ3n) is 10.9. The molecule has 9 aromatic rings. The van der Waals surface area contributed by atoms with Gasteiger partial charge in [-0.15, -0.1) is 0 Å². The van der Waals surface area contributed by atoms with Crippen LogP contribution in [0.2, 0.25) is 0 Å². The van der Waals surface area contributed by atoms with Crippen LogP contribution in [-0.2, 0) is 5.41 Å². The fourth-order valence-electron chi connectivity index (χ4n) is 8.84. The first kappa shape index (κ1) is 28.9. The van der Waals surface area contributed by atoms with Gasteiger partial charge in [0, 0.05) is 22.2 Å². The van der Waals surface area contributed by atoms with Gasteiger partial charge >= 0.3 is 0 Å². The van der Waals surface area contributed by atoms with Crippen molar-refractivity contribution in [3.05, 3.63) is 210 Å². The Morgan fingerprint density at radius 2 is 1.02 bits per heavy atom. The summed E-state index contributed by atoms with van der Waals surface area (Å²) >= 11 is 0. The topological polar surface area (TPSA) is 25.6 Å². The molecule has 52 heavy (non-hydrogen) atoms. The van der Waals surface area contributed by atoms with Crippen molar-refractivity contribution in [2.75, 3.05) is 4.90 Å². The van der Waals surface area contributed by atoms with Crippen LogP contribution in [0.3, 0.4) is 0 Å². The smallest absolute Gasteiger partial charge is 0.156 e. The van der Waals surface area contributed by atoms with Crippen molar-refractivity contribution in [2.45, 2.75) is 5.41 Å². The summed E-state index contributed by atoms with van der Waals surface area (Å²) in [5.74, 6) is 1.70. The Hall–Kier alpha value is -6.84. The highest BCUT2D eigenvalue weighted by Gasteiger charge is 2.51. The average molecular weight is 666 g/mol. The Kier molecular flexibility index (Phi) is 6.17. The second kappa shape index (κ2) is 11.1. The Bertz CT molecular complexity index is 2800. The van der Waals surface area contributed by atoms with E-state index in [0.29, 0.717) is 0 Å². The van der Waals surface area contributed by atoms with Crippen LogP contribution in [0.4, 0.5) is 17.1 Å². The number of ether oxygens (including phenoxy) is 1. The molecule has 11 rings (SSSR count). The van der Waals surface area contributed by atoms with Crippen LogP contribution in [0.25, 0.3) is 44.2 Å². The van der Waals surface area contributed by atoms with Crippen molar-refractivity contribution in [1.29, 1.82) is 0 Å². The zero-order chi connectivity index (χ0) is 34.2. The second-order valence-electron chi connectivity index (χ2n) is 13.6. The molecule has 2 heterocycles. The van der Waals surface area contributed by atoms with Gasteiger partial charge in [-0.25, -0.2) is 0 Å². The minimum absolute atomic E-state index is 0.570. The number of hydrogen-bond donors (Lipinski definition) is 0. The molecule has 1 aromatic heterocycles. The summed E-state index contributed by atoms with van der Waals surface area (Å²) in [5.41, 5.74) is 13.8. The first-order valence-corrected chi connectivity index (χ1v) is 17.8. The molecule has 0 bridgehead atoms. The maximum Gasteiger partial charge on any atom is 0.156 e. The normalized spacial score (nSPS) is 13.3. The molecule has 1 spiro atoms. The molecule has 0 amide bonds. The molecule has 0 N–H and O–H groups in total. The molecule has 0 saturated carbocycles. The Balaban J connectivity index is 1.25. The molecule has 8 aromatic carbocycles. The van der Waals surface area contributed by atoms with Crippen LogP contribution in [0.1, 0.15) is 22.3 Å². The van der Waals surface area contributed by atoms with Gasteiger partial charge in [0.2, 0.25) is 0 Å². The van der Waals surface area contributed by atoms with Crippen molar-refractivity contribution in [3.63, 3.8) is 0 Å². The van der Waals surface area contributed by atoms with Crippen LogP contribution in [0, 0.1) is 0 Å². The maximum absolute atomic E-state index is 7.18. The molecule has 0 saturated heterocycles. The van der Waals surface area contributed by atoms with Crippen LogP contribution < -0.4 is 9.64 Å². The number of para-hydroxylation sites is 3. The van der Waals surface area contributed by atoms with Gasteiger partial charge in [-0.1, -0.05) is 146 Å². The second-order valence-corrected chi connectivity index (χ2v) is 13.6. The SMILES string of the molecule is c1ccc(-c2cccc(N(c3cccc4c3Oc3ccccc3C43c4ccccc4-c4ccccc43)c3cccc4oc5ccccc5c34)c2)cc1. The molecule has 0 radical (unpaired) electrons. The summed E-state index contributed by atoms with van der Waals surface area (Å²) in [6.07, 6.45) is 0. The maximum atomic E-state index is 7.18. The molecule has 1 aliphatic heterocycles. The standard InChI is InChI=1S/C49H31NO2/c1-2-15-32(16-3-1)33-17-12-18-34(31-33)50(42-26-14-30-46-47(42)37-21-6-10-28-44(37)51-46)43-27-13-25-41-48(43)52-45-29-11-9-24-40(45)49(41)38-22-7-4-19-35(38)36-20-5-8-23-39(36)49/h1-31H. The number of furan rings is 1. The van der Waals surface area contributed by atoms with E-state index >= 15 is 0 Å². The molecule has 1 aliphatic carbocycles. The Labute approximate surface area is 301 Å². The quantitative estimate of drug-likeness (QED) is 0.187. The van der Waals surface area contributed by atoms with Gasteiger partial charge in [-0.05, 0) is 75.8 Å². The monoisotopic (exact) mass is 665 g/mol. The highest BCUT2D eigenvalue weighted by molar-refractivity contribution is 6.13. The summed E-state index contributed by atoms with van der Waals surface area (Å²) < 4.78 is 13.6. The third-order valence-corrected chi connectivity index (χ3v) is 10.9. The van der Waals surface area contributed by atoms with Crippen LogP contribution >= 0.6 is 0 Å². The lowest BCUT2D eigenvalue weighted by atomic mass is 9.66. The number of fused-ring (bicyclic) bond motifs is 12. The highest BCUT2D eigenvalue weighted by Crippen LogP contribution is 2.64. The first-order valence-electron chi connectivity index (χ1n) is 17.8. The van der Waals surface area contributed by atoms with E-state index in [1.54, 1.807) is 0 Å². The minimum atomic E-state index is -0.570. The first-order chi connectivity index (χ1) is 25.8. The lowest BCUT2D eigenvalue weighted by molar-refractivity contribution is 0.437. The minimum Gasteiger partial charge on any atom is -0.456 e. The predicted molar refractivity (Wildman–Crippen MR) is 211 cm³/mol. The van der Waals surface area contributed by atoms with Gasteiger partial charge in [0.15, 0.2) is 5.75 Å². The van der Waals surface area contributed by atoms with Gasteiger partial charge in [-0.2, -0.15) is 0 Å². The zero-order valence-corrected chi connectivity index (χ0v) is 28.2. The number of nitrogens with zero attached hydrogens (tertiary/aromatic N) is 1. The number of rotatable bonds is 4. The average Bonchev–Trinajstić information content (AvgIpc) is 3.74. The third kappa shape index (κ3) is 3.96. The van der Waals surface area contributed by atoms with E-state index in [4.69, 9.17) is 9.15 Å². The molecular formula is C49H31NO2. The van der Waals surface area contributed by atoms with Crippen molar-refractivity contribution >= 4 is 39.0 Å². The van der Waals surface area contributed by atoms with Crippen molar-refractivity contribution in [2.24, 2.45) is 0 Å². The summed E-state index contributed by atoms with van der Waals surface area (Å²) in [4.78, 5) is 2.37. The Morgan fingerprint density at radius 1 is 0.423 bits per heavy atom. The van der Waals surface area contributed by atoms with Crippen LogP contribution in [0.15, 0.2) is 192 Å². The van der Waals surface area contributed by atoms with E-state index in [-0.39, 0.29) is 0 Å². The van der Waals surface area contributed by atoms with E-state index in [0.717, 1.165) is 72.8 Å². The molecule has 3 heteroatoms. The highest BCUT2D eigenvalue weighted by atomic mass is 16.5. The van der Waals surface area contributed by atoms with Gasteiger partial charge in [0.05, 0.1) is 22.2 Å². The van der Waals surface area contributed by atoms with E-state index in [2.05, 4.69) is 181 Å². The molecule has 3 nitrogen and oxygen atoms in total. The van der Waals surface area contributed by atoms with Gasteiger partial charge < -0.3 is 14.1 Å². The van der Waals surface area contributed by atoms with E-state index in [1.807, 2.05) is 12.1 Å². The molecule has 0 fully saturated rings. The fourth-order valence-corrected chi connectivity index (χ4v) is 8.84. The Morgan fingerprint density at radius 3 is 1.85 bits per heavy atom. The largest absolute Gasteiger partial charge is 0.456 e. The fraction of sp³-hybridized carbons (Fsp3) is 0.0204. The lowest BCUT2D eigenvalue weighted by Gasteiger charge is -2.41. The molecular weight excluding hydrogens is 635 g/mol. The van der Waals surface area contributed by atoms with E-state index in [1.165, 1.54) is 22.3 Å². The van der Waals surface area contributed by atoms with Crippen molar-refractivity contribution < 1.29 is 9.15 Å². The van der Waals surface area contributed by atoms with Gasteiger partial charge in [0.1, 0.15) is 16.9 Å². The van der Waals surface area contributed by atoms with Crippen molar-refractivity contribution in [3.8, 4) is 33.8 Å². The van der Waals surface area contributed by atoms with Gasteiger partial charge in [-0.3, -0.25) is 0 Å². The van der Waals surface area contributed by atoms with Gasteiger partial charge in [0.25, 0.3) is 0 Å². The number of anilines is 3. The number of hydrogen-bond acceptors (Lipinski definition) is 3. The van der Waals surface area contributed by atoms with Crippen LogP contribution in [-0.4, -0.2) is 0 Å². The summed E-state index contributed by atoms with van der Waals surface area (Å²) in [6.45, 7) is 0. The molecule has 0 unspecified atom stereocenters. The van der Waals surface area contributed by atoms with E-state index in [9.17, 15) is 0 Å². The predicted octanol–water partition coefficient (Wildman–Crippen LogP) is 13.2. The zero-order valence-electron chi connectivity index (χ0n) is 28.2. The van der Waals surface area contributed by atoms with E-state index < -0.39 is 5.41 Å². The summed E-state index contributed by atoms with van der Waals surface area (Å²) in [6, 6.07) is 67.0. The summed E-state index contributed by atoms with van der Waals surface area (Å²) in [7, 11) is 0. The molecule has 0 atom stereocenters. The van der Waals surface area contributed by atoms with Crippen LogP contribution in [0.5, 0.6) is 11.5 Å². The summed E-state index contributed by atoms with van der Waals surface area (Å²) in [5, 5.41) is 2.13. The lowest BCUT2D eigenvalue weighted by Crippen LogP contribution is -2.32. The molecule has 244 valence electrons. The number of benzene rings is 8. The van der Waals surface area contributed by atoms with Crippen molar-refractivity contribution in [1.82, 2.24) is 0 Å². The molecule has 2 aliphatic rings.